The highest BCUT2D eigenvalue weighted by Crippen LogP contribution is 2.18. The first-order chi connectivity index (χ1) is 14.5. The Morgan fingerprint density at radius 3 is 2.67 bits per heavy atom. The van der Waals surface area contributed by atoms with E-state index in [4.69, 9.17) is 4.74 Å². The summed E-state index contributed by atoms with van der Waals surface area (Å²) in [7, 11) is 0. The molecule has 3 aromatic rings. The Morgan fingerprint density at radius 1 is 1.03 bits per heavy atom. The number of rotatable bonds is 8. The number of carbonyl (C=O) groups excluding carboxylic acids is 2. The van der Waals surface area contributed by atoms with Crippen LogP contribution in [0.3, 0.4) is 0 Å². The van der Waals surface area contributed by atoms with E-state index in [0.717, 1.165) is 17.7 Å². The number of hydrogen-bond acceptors (Lipinski definition) is 4. The number of benzene rings is 2. The summed E-state index contributed by atoms with van der Waals surface area (Å²) in [4.78, 5) is 28.0. The molecule has 0 fully saturated rings. The molecule has 0 aliphatic heterocycles. The molecular formula is C22H19F2N3O3. The number of aromatic nitrogens is 1. The summed E-state index contributed by atoms with van der Waals surface area (Å²) >= 11 is 0. The number of nitrogens with one attached hydrogen (secondary N) is 2. The molecule has 0 atom stereocenters. The maximum Gasteiger partial charge on any atom is 0.254 e. The number of ether oxygens (including phenoxy) is 1. The quantitative estimate of drug-likeness (QED) is 0.592. The van der Waals surface area contributed by atoms with Crippen LogP contribution in [0.5, 0.6) is 5.75 Å². The van der Waals surface area contributed by atoms with Gasteiger partial charge in [0.25, 0.3) is 5.91 Å². The predicted molar refractivity (Wildman–Crippen MR) is 107 cm³/mol. The Hall–Kier alpha value is -3.81. The molecule has 0 aliphatic carbocycles. The highest BCUT2D eigenvalue weighted by molar-refractivity contribution is 5.95. The van der Waals surface area contributed by atoms with E-state index in [1.54, 1.807) is 36.7 Å². The van der Waals surface area contributed by atoms with Gasteiger partial charge in [-0.2, -0.15) is 0 Å². The fourth-order valence-electron chi connectivity index (χ4n) is 2.60. The molecule has 1 aromatic heterocycles. The number of carbonyl (C=O) groups is 2. The Balaban J connectivity index is 1.46. The third-order valence-corrected chi connectivity index (χ3v) is 4.06. The molecule has 3 rings (SSSR count). The minimum Gasteiger partial charge on any atom is -0.489 e. The highest BCUT2D eigenvalue weighted by atomic mass is 19.1. The van der Waals surface area contributed by atoms with Crippen molar-refractivity contribution in [3.63, 3.8) is 0 Å². The Morgan fingerprint density at radius 2 is 1.90 bits per heavy atom. The summed E-state index contributed by atoms with van der Waals surface area (Å²) in [6.45, 7) is 0.343. The maximum absolute atomic E-state index is 13.6. The van der Waals surface area contributed by atoms with Gasteiger partial charge >= 0.3 is 0 Å². The zero-order valence-corrected chi connectivity index (χ0v) is 15.9. The van der Waals surface area contributed by atoms with Crippen molar-refractivity contribution in [3.8, 4) is 5.75 Å². The fourth-order valence-corrected chi connectivity index (χ4v) is 2.60. The molecule has 0 radical (unpaired) electrons. The van der Waals surface area contributed by atoms with Gasteiger partial charge in [-0.15, -0.1) is 0 Å². The van der Waals surface area contributed by atoms with Crippen LogP contribution in [0.25, 0.3) is 0 Å². The summed E-state index contributed by atoms with van der Waals surface area (Å²) in [6.07, 6.45) is 3.37. The van der Waals surface area contributed by atoms with Crippen LogP contribution in [0, 0.1) is 11.6 Å². The molecule has 0 spiro atoms. The van der Waals surface area contributed by atoms with E-state index in [1.807, 2.05) is 12.1 Å². The van der Waals surface area contributed by atoms with Crippen molar-refractivity contribution in [2.45, 2.75) is 13.0 Å². The lowest BCUT2D eigenvalue weighted by Crippen LogP contribution is -2.28. The Kier molecular flexibility index (Phi) is 7.05. The van der Waals surface area contributed by atoms with E-state index in [0.29, 0.717) is 24.1 Å². The van der Waals surface area contributed by atoms with Gasteiger partial charge in [0.2, 0.25) is 5.91 Å². The second kappa shape index (κ2) is 10.1. The van der Waals surface area contributed by atoms with Gasteiger partial charge in [0.15, 0.2) is 0 Å². The molecule has 0 bridgehead atoms. The van der Waals surface area contributed by atoms with Crippen LogP contribution in [0.1, 0.15) is 22.3 Å². The van der Waals surface area contributed by atoms with Crippen molar-refractivity contribution in [3.05, 3.63) is 89.8 Å². The number of hydrogen-bond donors (Lipinski definition) is 2. The molecule has 2 N–H and O–H groups in total. The van der Waals surface area contributed by atoms with E-state index in [9.17, 15) is 18.4 Å². The molecule has 0 unspecified atom stereocenters. The lowest BCUT2D eigenvalue weighted by Gasteiger charge is -2.10. The van der Waals surface area contributed by atoms with E-state index < -0.39 is 17.5 Å². The molecule has 30 heavy (non-hydrogen) atoms. The standard InChI is InChI=1S/C22H19F2N3O3/c23-16-6-7-19(20(24)11-16)22(29)26-10-8-21(28)27-17-4-1-5-18(12-17)30-14-15-3-2-9-25-13-15/h1-7,9,11-13H,8,10,14H2,(H,26,29)(H,27,28). The van der Waals surface area contributed by atoms with Crippen molar-refractivity contribution >= 4 is 17.5 Å². The third-order valence-electron chi connectivity index (χ3n) is 4.06. The molecule has 1 heterocycles. The lowest BCUT2D eigenvalue weighted by atomic mass is 10.2. The monoisotopic (exact) mass is 411 g/mol. The Labute approximate surface area is 171 Å². The van der Waals surface area contributed by atoms with E-state index >= 15 is 0 Å². The highest BCUT2D eigenvalue weighted by Gasteiger charge is 2.12. The number of amides is 2. The third kappa shape index (κ3) is 6.10. The van der Waals surface area contributed by atoms with Crippen molar-refractivity contribution in [1.29, 1.82) is 0 Å². The summed E-state index contributed by atoms with van der Waals surface area (Å²) < 4.78 is 32.2. The minimum absolute atomic E-state index is 0.00131. The van der Waals surface area contributed by atoms with Gasteiger partial charge in [-0.25, -0.2) is 8.78 Å². The minimum atomic E-state index is -0.958. The van der Waals surface area contributed by atoms with Crippen molar-refractivity contribution in [2.24, 2.45) is 0 Å². The molecule has 0 saturated heterocycles. The van der Waals surface area contributed by atoms with Crippen LogP contribution in [0.2, 0.25) is 0 Å². The van der Waals surface area contributed by atoms with Crippen LogP contribution >= 0.6 is 0 Å². The molecule has 6 nitrogen and oxygen atoms in total. The fraction of sp³-hybridized carbons (Fsp3) is 0.136. The first kappa shape index (κ1) is 20.9. The van der Waals surface area contributed by atoms with Crippen LogP contribution in [0.15, 0.2) is 67.0 Å². The van der Waals surface area contributed by atoms with Crippen molar-refractivity contribution in [1.82, 2.24) is 10.3 Å². The first-order valence-corrected chi connectivity index (χ1v) is 9.16. The van der Waals surface area contributed by atoms with Gasteiger partial charge in [0.05, 0.1) is 5.56 Å². The van der Waals surface area contributed by atoms with E-state index in [2.05, 4.69) is 15.6 Å². The second-order valence-corrected chi connectivity index (χ2v) is 6.36. The lowest BCUT2D eigenvalue weighted by molar-refractivity contribution is -0.116. The summed E-state index contributed by atoms with van der Waals surface area (Å²) in [5, 5.41) is 5.14. The number of pyridine rings is 1. The molecule has 2 amide bonds. The van der Waals surface area contributed by atoms with Gasteiger partial charge in [0.1, 0.15) is 24.0 Å². The van der Waals surface area contributed by atoms with Crippen molar-refractivity contribution in [2.75, 3.05) is 11.9 Å². The van der Waals surface area contributed by atoms with Crippen LogP contribution in [0.4, 0.5) is 14.5 Å². The van der Waals surface area contributed by atoms with Crippen molar-refractivity contribution < 1.29 is 23.1 Å². The summed E-state index contributed by atoms with van der Waals surface area (Å²) in [6, 6.07) is 13.3. The number of anilines is 1. The van der Waals surface area contributed by atoms with Gasteiger partial charge in [0, 0.05) is 48.7 Å². The largest absolute Gasteiger partial charge is 0.489 e. The molecule has 0 aliphatic rings. The van der Waals surface area contributed by atoms with Crippen LogP contribution in [-0.2, 0) is 11.4 Å². The van der Waals surface area contributed by atoms with Crippen LogP contribution in [-0.4, -0.2) is 23.3 Å². The van der Waals surface area contributed by atoms with Gasteiger partial charge in [-0.3, -0.25) is 14.6 Å². The average molecular weight is 411 g/mol. The zero-order chi connectivity index (χ0) is 21.3. The predicted octanol–water partition coefficient (Wildman–Crippen LogP) is 3.70. The summed E-state index contributed by atoms with van der Waals surface area (Å²) in [5.74, 6) is -2.20. The first-order valence-electron chi connectivity index (χ1n) is 9.16. The van der Waals surface area contributed by atoms with E-state index in [1.165, 1.54) is 0 Å². The molecular weight excluding hydrogens is 392 g/mol. The SMILES string of the molecule is O=C(CCNC(=O)c1ccc(F)cc1F)Nc1cccc(OCc2cccnc2)c1. The normalized spacial score (nSPS) is 10.3. The molecule has 154 valence electrons. The molecule has 2 aromatic carbocycles. The average Bonchev–Trinajstić information content (AvgIpc) is 2.73. The molecule has 8 heteroatoms. The second-order valence-electron chi connectivity index (χ2n) is 6.36. The smallest absolute Gasteiger partial charge is 0.254 e. The topological polar surface area (TPSA) is 80.3 Å². The van der Waals surface area contributed by atoms with E-state index in [-0.39, 0.29) is 24.4 Å². The van der Waals surface area contributed by atoms with Gasteiger partial charge < -0.3 is 15.4 Å². The van der Waals surface area contributed by atoms with Crippen LogP contribution < -0.4 is 15.4 Å². The van der Waals surface area contributed by atoms with Gasteiger partial charge in [-0.05, 0) is 30.3 Å². The van der Waals surface area contributed by atoms with Gasteiger partial charge in [-0.1, -0.05) is 12.1 Å². The zero-order valence-electron chi connectivity index (χ0n) is 15.9. The number of nitrogens with zero attached hydrogens (tertiary/aromatic N) is 1. The Bertz CT molecular complexity index is 1030. The summed E-state index contributed by atoms with van der Waals surface area (Å²) in [5.41, 5.74) is 1.18. The number of halogens is 2. The maximum atomic E-state index is 13.6. The molecule has 0 saturated carbocycles.